The number of ether oxygens (including phenoxy) is 1. The Bertz CT molecular complexity index is 508. The van der Waals surface area contributed by atoms with E-state index in [9.17, 15) is 0 Å². The lowest BCUT2D eigenvalue weighted by molar-refractivity contribution is 0.292. The summed E-state index contributed by atoms with van der Waals surface area (Å²) in [4.78, 5) is 4.38. The van der Waals surface area contributed by atoms with E-state index in [1.54, 1.807) is 0 Å². The molecule has 1 aliphatic heterocycles. The molecule has 1 saturated heterocycles. The number of para-hydroxylation sites is 1. The monoisotopic (exact) mass is 259 g/mol. The number of hydrogen-bond acceptors (Lipinski definition) is 5. The van der Waals surface area contributed by atoms with Gasteiger partial charge in [-0.2, -0.15) is 4.98 Å². The number of aromatic nitrogens is 2. The molecule has 100 valence electrons. The zero-order valence-corrected chi connectivity index (χ0v) is 10.7. The third-order valence-electron chi connectivity index (χ3n) is 3.18. The molecule has 1 fully saturated rings. The number of nitrogens with zero attached hydrogens (tertiary/aromatic N) is 2. The predicted molar refractivity (Wildman–Crippen MR) is 70.0 cm³/mol. The highest BCUT2D eigenvalue weighted by Gasteiger charge is 2.20. The second kappa shape index (κ2) is 5.84. The molecule has 0 amide bonds. The highest BCUT2D eigenvalue weighted by atomic mass is 16.5. The van der Waals surface area contributed by atoms with Crippen LogP contribution in [0.4, 0.5) is 0 Å². The molecule has 1 aliphatic rings. The maximum atomic E-state index is 5.60. The van der Waals surface area contributed by atoms with Gasteiger partial charge in [-0.05, 0) is 31.1 Å². The van der Waals surface area contributed by atoms with Gasteiger partial charge in [-0.25, -0.2) is 0 Å². The van der Waals surface area contributed by atoms with Gasteiger partial charge in [0.05, 0.1) is 6.61 Å². The van der Waals surface area contributed by atoms with Gasteiger partial charge in [-0.3, -0.25) is 0 Å². The zero-order chi connectivity index (χ0) is 12.9. The highest BCUT2D eigenvalue weighted by molar-refractivity contribution is 5.20. The third-order valence-corrected chi connectivity index (χ3v) is 3.18. The fraction of sp³-hybridized carbons (Fsp3) is 0.429. The average molecular weight is 259 g/mol. The average Bonchev–Trinajstić information content (AvgIpc) is 2.83. The van der Waals surface area contributed by atoms with Crippen LogP contribution >= 0.6 is 0 Å². The molecule has 0 saturated carbocycles. The highest BCUT2D eigenvalue weighted by Crippen LogP contribution is 2.12. The van der Waals surface area contributed by atoms with E-state index in [0.29, 0.717) is 18.9 Å². The van der Waals surface area contributed by atoms with Crippen LogP contribution in [0.15, 0.2) is 34.9 Å². The van der Waals surface area contributed by atoms with Crippen molar-refractivity contribution in [2.75, 3.05) is 19.7 Å². The summed E-state index contributed by atoms with van der Waals surface area (Å²) < 4.78 is 10.8. The Balaban J connectivity index is 1.45. The number of nitrogens with one attached hydrogen (secondary N) is 1. The van der Waals surface area contributed by atoms with Crippen molar-refractivity contribution in [2.45, 2.75) is 12.8 Å². The quantitative estimate of drug-likeness (QED) is 0.851. The molecule has 0 aliphatic carbocycles. The van der Waals surface area contributed by atoms with Gasteiger partial charge < -0.3 is 14.6 Å². The first kappa shape index (κ1) is 12.2. The molecule has 0 spiro atoms. The molecule has 5 heteroatoms. The van der Waals surface area contributed by atoms with E-state index in [-0.39, 0.29) is 0 Å². The summed E-state index contributed by atoms with van der Waals surface area (Å²) in [5, 5.41) is 7.20. The van der Waals surface area contributed by atoms with Crippen molar-refractivity contribution in [3.63, 3.8) is 0 Å². The molecule has 0 bridgehead atoms. The van der Waals surface area contributed by atoms with Crippen LogP contribution in [0.25, 0.3) is 0 Å². The Hall–Kier alpha value is -1.88. The summed E-state index contributed by atoms with van der Waals surface area (Å²) in [6, 6.07) is 9.74. The topological polar surface area (TPSA) is 60.2 Å². The zero-order valence-electron chi connectivity index (χ0n) is 10.7. The van der Waals surface area contributed by atoms with E-state index in [1.807, 2.05) is 30.3 Å². The summed E-state index contributed by atoms with van der Waals surface area (Å²) in [6.45, 7) is 2.66. The van der Waals surface area contributed by atoms with Gasteiger partial charge in [0.15, 0.2) is 5.82 Å². The summed E-state index contributed by atoms with van der Waals surface area (Å²) >= 11 is 0. The molecule has 3 rings (SSSR count). The lowest BCUT2D eigenvalue weighted by Crippen LogP contribution is -2.43. The summed E-state index contributed by atoms with van der Waals surface area (Å²) in [5.41, 5.74) is 0. The van der Waals surface area contributed by atoms with Gasteiger partial charge in [0.25, 0.3) is 0 Å². The van der Waals surface area contributed by atoms with Crippen molar-refractivity contribution in [3.05, 3.63) is 42.0 Å². The standard InChI is InChI=1S/C14H17N3O2/c1-2-4-12(5-3-1)18-7-6-13-16-14(19-17-13)8-11-9-15-10-11/h1-5,11,15H,6-10H2. The lowest BCUT2D eigenvalue weighted by Gasteiger charge is -2.25. The molecule has 5 nitrogen and oxygen atoms in total. The van der Waals surface area contributed by atoms with Gasteiger partial charge in [0, 0.05) is 12.8 Å². The number of benzene rings is 1. The van der Waals surface area contributed by atoms with E-state index in [0.717, 1.165) is 37.0 Å². The Morgan fingerprint density at radius 1 is 1.26 bits per heavy atom. The molecular weight excluding hydrogens is 242 g/mol. The molecule has 1 aromatic heterocycles. The first-order chi connectivity index (χ1) is 9.40. The van der Waals surface area contributed by atoms with E-state index >= 15 is 0 Å². The van der Waals surface area contributed by atoms with Crippen LogP contribution in [0.5, 0.6) is 5.75 Å². The molecule has 0 atom stereocenters. The van der Waals surface area contributed by atoms with Gasteiger partial charge >= 0.3 is 0 Å². The Morgan fingerprint density at radius 2 is 2.11 bits per heavy atom. The molecule has 2 heterocycles. The molecule has 0 unspecified atom stereocenters. The largest absolute Gasteiger partial charge is 0.493 e. The smallest absolute Gasteiger partial charge is 0.227 e. The molecular formula is C14H17N3O2. The van der Waals surface area contributed by atoms with Crippen LogP contribution in [-0.4, -0.2) is 29.8 Å². The predicted octanol–water partition coefficient (Wildman–Crippen LogP) is 1.45. The van der Waals surface area contributed by atoms with E-state index in [1.165, 1.54) is 0 Å². The molecule has 19 heavy (non-hydrogen) atoms. The number of hydrogen-bond donors (Lipinski definition) is 1. The van der Waals surface area contributed by atoms with Crippen LogP contribution in [-0.2, 0) is 12.8 Å². The van der Waals surface area contributed by atoms with Crippen LogP contribution in [0.3, 0.4) is 0 Å². The summed E-state index contributed by atoms with van der Waals surface area (Å²) in [6.07, 6.45) is 1.54. The number of rotatable bonds is 6. The molecule has 0 radical (unpaired) electrons. The van der Waals surface area contributed by atoms with Gasteiger partial charge in [-0.15, -0.1) is 0 Å². The van der Waals surface area contributed by atoms with Crippen LogP contribution in [0, 0.1) is 5.92 Å². The minimum absolute atomic E-state index is 0.563. The van der Waals surface area contributed by atoms with Crippen molar-refractivity contribution < 1.29 is 9.26 Å². The van der Waals surface area contributed by atoms with Crippen LogP contribution in [0.2, 0.25) is 0 Å². The van der Waals surface area contributed by atoms with E-state index < -0.39 is 0 Å². The fourth-order valence-electron chi connectivity index (χ4n) is 1.99. The third kappa shape index (κ3) is 3.32. The van der Waals surface area contributed by atoms with E-state index in [4.69, 9.17) is 9.26 Å². The van der Waals surface area contributed by atoms with Gasteiger partial charge in [0.1, 0.15) is 5.75 Å². The van der Waals surface area contributed by atoms with Crippen molar-refractivity contribution in [2.24, 2.45) is 5.92 Å². The second-order valence-electron chi connectivity index (χ2n) is 4.74. The van der Waals surface area contributed by atoms with E-state index in [2.05, 4.69) is 15.5 Å². The second-order valence-corrected chi connectivity index (χ2v) is 4.74. The van der Waals surface area contributed by atoms with Crippen molar-refractivity contribution >= 4 is 0 Å². The first-order valence-corrected chi connectivity index (χ1v) is 6.60. The first-order valence-electron chi connectivity index (χ1n) is 6.60. The molecule has 2 aromatic rings. The fourth-order valence-corrected chi connectivity index (χ4v) is 1.99. The van der Waals surface area contributed by atoms with Gasteiger partial charge in [0.2, 0.25) is 5.89 Å². The van der Waals surface area contributed by atoms with Crippen LogP contribution in [0.1, 0.15) is 11.7 Å². The lowest BCUT2D eigenvalue weighted by atomic mass is 10.00. The summed E-state index contributed by atoms with van der Waals surface area (Å²) in [7, 11) is 0. The van der Waals surface area contributed by atoms with Crippen molar-refractivity contribution in [1.29, 1.82) is 0 Å². The molecule has 1 aromatic carbocycles. The maximum Gasteiger partial charge on any atom is 0.227 e. The Labute approximate surface area is 112 Å². The molecule has 1 N–H and O–H groups in total. The van der Waals surface area contributed by atoms with Gasteiger partial charge in [-0.1, -0.05) is 23.4 Å². The summed E-state index contributed by atoms with van der Waals surface area (Å²) in [5.74, 6) is 2.97. The normalized spacial score (nSPS) is 15.2. The minimum Gasteiger partial charge on any atom is -0.493 e. The van der Waals surface area contributed by atoms with Crippen molar-refractivity contribution in [1.82, 2.24) is 15.5 Å². The Morgan fingerprint density at radius 3 is 2.84 bits per heavy atom. The maximum absolute atomic E-state index is 5.60. The Kier molecular flexibility index (Phi) is 3.74. The minimum atomic E-state index is 0.563. The van der Waals surface area contributed by atoms with Crippen LogP contribution < -0.4 is 10.1 Å². The SMILES string of the molecule is c1ccc(OCCc2noc(CC3CNC3)n2)cc1. The van der Waals surface area contributed by atoms with Crippen molar-refractivity contribution in [3.8, 4) is 5.75 Å².